The van der Waals surface area contributed by atoms with Crippen LogP contribution in [0.5, 0.6) is 11.5 Å². The third kappa shape index (κ3) is 5.88. The number of thiophene rings is 1. The fraction of sp³-hybridized carbons (Fsp3) is 0.286. The number of aromatic nitrogens is 1. The van der Waals surface area contributed by atoms with Crippen LogP contribution in [0, 0.1) is 13.8 Å². The Labute approximate surface area is 220 Å². The zero-order valence-corrected chi connectivity index (χ0v) is 22.6. The highest BCUT2D eigenvalue weighted by Crippen LogP contribution is 2.27. The number of nitrogens with zero attached hydrogens (tertiary/aromatic N) is 1. The van der Waals surface area contributed by atoms with Crippen LogP contribution in [0.3, 0.4) is 0 Å². The number of pyridine rings is 1. The highest BCUT2D eigenvalue weighted by molar-refractivity contribution is 7.80. The zero-order valence-electron chi connectivity index (χ0n) is 21.0. The van der Waals surface area contributed by atoms with E-state index in [-0.39, 0.29) is 5.56 Å². The number of aryl methyl sites for hydroxylation is 2. The van der Waals surface area contributed by atoms with Crippen molar-refractivity contribution < 1.29 is 9.47 Å². The van der Waals surface area contributed by atoms with Crippen molar-refractivity contribution in [3.8, 4) is 11.5 Å². The Bertz CT molecular complexity index is 1410. The molecule has 4 rings (SSSR count). The molecule has 36 heavy (non-hydrogen) atoms. The topological polar surface area (TPSA) is 66.6 Å². The van der Waals surface area contributed by atoms with Crippen LogP contribution in [0.4, 0.5) is 0 Å². The summed E-state index contributed by atoms with van der Waals surface area (Å²) in [7, 11) is 3.26. The summed E-state index contributed by atoms with van der Waals surface area (Å²) in [6.45, 7) is 5.77. The molecule has 0 aliphatic carbocycles. The first kappa shape index (κ1) is 25.7. The fourth-order valence-corrected chi connectivity index (χ4v) is 5.14. The van der Waals surface area contributed by atoms with Gasteiger partial charge in [0.05, 0.1) is 32.8 Å². The van der Waals surface area contributed by atoms with Gasteiger partial charge in [-0.05, 0) is 78.8 Å². The highest BCUT2D eigenvalue weighted by atomic mass is 32.1. The van der Waals surface area contributed by atoms with Crippen LogP contribution in [-0.4, -0.2) is 35.8 Å². The van der Waals surface area contributed by atoms with Crippen molar-refractivity contribution >= 4 is 39.6 Å². The first-order chi connectivity index (χ1) is 17.4. The molecule has 0 bridgehead atoms. The second-order valence-corrected chi connectivity index (χ2v) is 10.1. The third-order valence-corrected chi connectivity index (χ3v) is 7.50. The molecular formula is C28H31N3O3S2. The van der Waals surface area contributed by atoms with E-state index in [1.165, 1.54) is 4.88 Å². The first-order valence-corrected chi connectivity index (χ1v) is 13.1. The number of H-pyrrole nitrogens is 1. The SMILES string of the molecule is COc1ccc(CCNC(=S)N(Cc2cccs2)Cc2cc3c(C)ccc(C)c3[nH]c2=O)cc1OC. The number of nitrogens with one attached hydrogen (secondary N) is 2. The molecule has 0 amide bonds. The van der Waals surface area contributed by atoms with E-state index >= 15 is 0 Å². The van der Waals surface area contributed by atoms with Gasteiger partial charge in [-0.3, -0.25) is 4.79 Å². The van der Waals surface area contributed by atoms with Gasteiger partial charge < -0.3 is 24.7 Å². The number of hydrogen-bond donors (Lipinski definition) is 2. The number of hydrogen-bond acceptors (Lipinski definition) is 5. The Balaban J connectivity index is 1.51. The lowest BCUT2D eigenvalue weighted by Gasteiger charge is -2.25. The Morgan fingerprint density at radius 3 is 2.53 bits per heavy atom. The molecule has 0 atom stereocenters. The third-order valence-electron chi connectivity index (χ3n) is 6.23. The molecule has 0 radical (unpaired) electrons. The number of ether oxygens (including phenoxy) is 2. The number of aromatic amines is 1. The maximum absolute atomic E-state index is 13.0. The summed E-state index contributed by atoms with van der Waals surface area (Å²) >= 11 is 7.48. The largest absolute Gasteiger partial charge is 0.493 e. The number of rotatable bonds is 9. The van der Waals surface area contributed by atoms with Gasteiger partial charge in [-0.15, -0.1) is 11.3 Å². The van der Waals surface area contributed by atoms with Crippen molar-refractivity contribution in [2.75, 3.05) is 20.8 Å². The number of methoxy groups -OCH3 is 2. The van der Waals surface area contributed by atoms with E-state index in [4.69, 9.17) is 21.7 Å². The molecule has 0 spiro atoms. The molecule has 6 nitrogen and oxygen atoms in total. The zero-order chi connectivity index (χ0) is 25.7. The molecular weight excluding hydrogens is 490 g/mol. The molecule has 2 heterocycles. The minimum atomic E-state index is -0.0829. The van der Waals surface area contributed by atoms with Gasteiger partial charge in [-0.1, -0.05) is 24.3 Å². The van der Waals surface area contributed by atoms with Gasteiger partial charge in [0.25, 0.3) is 5.56 Å². The minimum absolute atomic E-state index is 0.0829. The summed E-state index contributed by atoms with van der Waals surface area (Å²) in [6, 6.07) is 16.1. The summed E-state index contributed by atoms with van der Waals surface area (Å²) in [6.07, 6.45) is 0.766. The second kappa shape index (κ2) is 11.6. The summed E-state index contributed by atoms with van der Waals surface area (Å²) in [5.41, 5.74) is 4.81. The van der Waals surface area contributed by atoms with Crippen molar-refractivity contribution in [2.45, 2.75) is 33.4 Å². The molecule has 0 saturated carbocycles. The van der Waals surface area contributed by atoms with E-state index in [0.29, 0.717) is 41.8 Å². The lowest BCUT2D eigenvalue weighted by Crippen LogP contribution is -2.40. The van der Waals surface area contributed by atoms with Gasteiger partial charge >= 0.3 is 0 Å². The average molecular weight is 522 g/mol. The Morgan fingerprint density at radius 1 is 1.03 bits per heavy atom. The summed E-state index contributed by atoms with van der Waals surface area (Å²) in [5.74, 6) is 1.41. The van der Waals surface area contributed by atoms with Gasteiger partial charge in [0.2, 0.25) is 0 Å². The van der Waals surface area contributed by atoms with E-state index < -0.39 is 0 Å². The molecule has 0 unspecified atom stereocenters. The average Bonchev–Trinajstić information content (AvgIpc) is 3.39. The van der Waals surface area contributed by atoms with E-state index in [0.717, 1.165) is 34.0 Å². The van der Waals surface area contributed by atoms with E-state index in [9.17, 15) is 4.79 Å². The van der Waals surface area contributed by atoms with Crippen molar-refractivity contribution in [2.24, 2.45) is 0 Å². The number of benzene rings is 2. The first-order valence-electron chi connectivity index (χ1n) is 11.8. The lowest BCUT2D eigenvalue weighted by atomic mass is 10.0. The minimum Gasteiger partial charge on any atom is -0.493 e. The van der Waals surface area contributed by atoms with Crippen LogP contribution in [-0.2, 0) is 19.5 Å². The molecule has 0 fully saturated rings. The summed E-state index contributed by atoms with van der Waals surface area (Å²) < 4.78 is 10.7. The van der Waals surface area contributed by atoms with Crippen LogP contribution in [0.1, 0.15) is 27.1 Å². The molecule has 2 aromatic carbocycles. The predicted octanol–water partition coefficient (Wildman–Crippen LogP) is 5.34. The van der Waals surface area contributed by atoms with Gasteiger partial charge in [-0.2, -0.15) is 0 Å². The van der Waals surface area contributed by atoms with Crippen molar-refractivity contribution in [1.82, 2.24) is 15.2 Å². The maximum atomic E-state index is 13.0. The van der Waals surface area contributed by atoms with Crippen LogP contribution >= 0.6 is 23.6 Å². The highest BCUT2D eigenvalue weighted by Gasteiger charge is 2.16. The second-order valence-electron chi connectivity index (χ2n) is 8.72. The van der Waals surface area contributed by atoms with Gasteiger partial charge in [0.1, 0.15) is 0 Å². The fourth-order valence-electron chi connectivity index (χ4n) is 4.19. The van der Waals surface area contributed by atoms with Crippen LogP contribution in [0.2, 0.25) is 0 Å². The summed E-state index contributed by atoms with van der Waals surface area (Å²) in [5, 5.41) is 7.11. The van der Waals surface area contributed by atoms with E-state index in [1.807, 2.05) is 43.3 Å². The molecule has 2 aromatic heterocycles. The molecule has 188 valence electrons. The summed E-state index contributed by atoms with van der Waals surface area (Å²) in [4.78, 5) is 19.3. The smallest absolute Gasteiger partial charge is 0.253 e. The predicted molar refractivity (Wildman–Crippen MR) is 151 cm³/mol. The van der Waals surface area contributed by atoms with E-state index in [1.54, 1.807) is 25.6 Å². The van der Waals surface area contributed by atoms with Crippen molar-refractivity contribution in [1.29, 1.82) is 0 Å². The normalized spacial score (nSPS) is 10.9. The molecule has 0 aliphatic heterocycles. The number of thiocarbonyl (C=S) groups is 1. The Hall–Kier alpha value is -3.36. The Kier molecular flexibility index (Phi) is 8.28. The van der Waals surface area contributed by atoms with Crippen molar-refractivity contribution in [3.05, 3.63) is 91.4 Å². The van der Waals surface area contributed by atoms with Gasteiger partial charge in [-0.25, -0.2) is 0 Å². The van der Waals surface area contributed by atoms with Crippen molar-refractivity contribution in [3.63, 3.8) is 0 Å². The quantitative estimate of drug-likeness (QED) is 0.290. The molecule has 4 aromatic rings. The lowest BCUT2D eigenvalue weighted by molar-refractivity contribution is 0.354. The van der Waals surface area contributed by atoms with Gasteiger partial charge in [0.15, 0.2) is 16.6 Å². The monoisotopic (exact) mass is 521 g/mol. The molecule has 0 aliphatic rings. The molecule has 2 N–H and O–H groups in total. The molecule has 8 heteroatoms. The number of fused-ring (bicyclic) bond motifs is 1. The van der Waals surface area contributed by atoms with E-state index in [2.05, 4.69) is 39.6 Å². The Morgan fingerprint density at radius 2 is 1.81 bits per heavy atom. The molecule has 0 saturated heterocycles. The standard InChI is InChI=1S/C28H31N3O3S2/c1-18-7-8-19(2)26-23(18)15-21(27(32)30-26)16-31(17-22-6-5-13-36-22)28(35)29-12-11-20-9-10-24(33-3)25(14-20)34-4/h5-10,13-15H,11-12,16-17H2,1-4H3,(H,29,35)(H,30,32). The van der Waals surface area contributed by atoms with Crippen LogP contribution in [0.15, 0.2) is 58.7 Å². The van der Waals surface area contributed by atoms with Gasteiger partial charge in [0, 0.05) is 22.4 Å². The van der Waals surface area contributed by atoms with Crippen LogP contribution in [0.25, 0.3) is 10.9 Å². The maximum Gasteiger partial charge on any atom is 0.253 e. The van der Waals surface area contributed by atoms with Crippen LogP contribution < -0.4 is 20.3 Å².